The molecular formula is C11H20F3N3O2. The fourth-order valence-electron chi connectivity index (χ4n) is 1.80. The Morgan fingerprint density at radius 3 is 2.84 bits per heavy atom. The van der Waals surface area contributed by atoms with Crippen LogP contribution in [-0.2, 0) is 9.53 Å². The van der Waals surface area contributed by atoms with E-state index in [9.17, 15) is 18.0 Å². The van der Waals surface area contributed by atoms with Crippen molar-refractivity contribution in [1.82, 2.24) is 15.5 Å². The number of hydrogen-bond donors (Lipinski definition) is 2. The zero-order chi connectivity index (χ0) is 14.3. The number of morpholine rings is 1. The SMILES string of the molecule is CCN1CCOC(CNC(=O)CNCC(F)(F)F)C1. The smallest absolute Gasteiger partial charge is 0.374 e. The maximum atomic E-state index is 11.8. The predicted molar refractivity (Wildman–Crippen MR) is 63.8 cm³/mol. The van der Waals surface area contributed by atoms with E-state index in [1.165, 1.54) is 0 Å². The maximum Gasteiger partial charge on any atom is 0.401 e. The lowest BCUT2D eigenvalue weighted by Crippen LogP contribution is -2.48. The van der Waals surface area contributed by atoms with Gasteiger partial charge in [0, 0.05) is 19.6 Å². The summed E-state index contributed by atoms with van der Waals surface area (Å²) in [6.07, 6.45) is -4.39. The van der Waals surface area contributed by atoms with Gasteiger partial charge in [0.1, 0.15) is 0 Å². The average molecular weight is 283 g/mol. The third kappa shape index (κ3) is 7.34. The molecule has 1 amide bonds. The number of amides is 1. The molecular weight excluding hydrogens is 263 g/mol. The second-order valence-corrected chi connectivity index (χ2v) is 4.41. The first-order valence-electron chi connectivity index (χ1n) is 6.29. The molecule has 1 heterocycles. The van der Waals surface area contributed by atoms with Crippen molar-refractivity contribution in [2.75, 3.05) is 45.9 Å². The molecule has 8 heteroatoms. The Labute approximate surface area is 110 Å². The van der Waals surface area contributed by atoms with Crippen LogP contribution < -0.4 is 10.6 Å². The van der Waals surface area contributed by atoms with Crippen LogP contribution in [0.5, 0.6) is 0 Å². The Morgan fingerprint density at radius 1 is 1.47 bits per heavy atom. The van der Waals surface area contributed by atoms with E-state index in [0.717, 1.165) is 19.6 Å². The topological polar surface area (TPSA) is 53.6 Å². The monoisotopic (exact) mass is 283 g/mol. The maximum absolute atomic E-state index is 11.8. The summed E-state index contributed by atoms with van der Waals surface area (Å²) in [6, 6.07) is 0. The van der Waals surface area contributed by atoms with E-state index in [4.69, 9.17) is 4.74 Å². The number of carbonyl (C=O) groups excluding carboxylic acids is 1. The van der Waals surface area contributed by atoms with E-state index in [1.54, 1.807) is 0 Å². The van der Waals surface area contributed by atoms with Crippen LogP contribution in [0, 0.1) is 0 Å². The van der Waals surface area contributed by atoms with Crippen molar-refractivity contribution in [2.45, 2.75) is 19.2 Å². The summed E-state index contributed by atoms with van der Waals surface area (Å²) < 4.78 is 41.0. The number of halogens is 3. The van der Waals surface area contributed by atoms with Gasteiger partial charge in [-0.25, -0.2) is 0 Å². The molecule has 112 valence electrons. The van der Waals surface area contributed by atoms with Gasteiger partial charge in [0.05, 0.1) is 25.8 Å². The quantitative estimate of drug-likeness (QED) is 0.719. The molecule has 0 radical (unpaired) electrons. The number of hydrogen-bond acceptors (Lipinski definition) is 4. The zero-order valence-electron chi connectivity index (χ0n) is 10.9. The summed E-state index contributed by atoms with van der Waals surface area (Å²) in [6.45, 7) is 3.99. The van der Waals surface area contributed by atoms with Gasteiger partial charge < -0.3 is 15.4 Å². The van der Waals surface area contributed by atoms with Crippen molar-refractivity contribution < 1.29 is 22.7 Å². The number of rotatable bonds is 6. The zero-order valence-corrected chi connectivity index (χ0v) is 10.9. The van der Waals surface area contributed by atoms with Crippen LogP contribution in [0.25, 0.3) is 0 Å². The first-order chi connectivity index (χ1) is 8.90. The van der Waals surface area contributed by atoms with Crippen molar-refractivity contribution in [3.8, 4) is 0 Å². The molecule has 1 aliphatic heterocycles. The van der Waals surface area contributed by atoms with E-state index in [-0.39, 0.29) is 12.6 Å². The van der Waals surface area contributed by atoms with Crippen LogP contribution in [0.1, 0.15) is 6.92 Å². The molecule has 1 unspecified atom stereocenters. The summed E-state index contributed by atoms with van der Waals surface area (Å²) in [5.74, 6) is -0.457. The molecule has 1 saturated heterocycles. The highest BCUT2D eigenvalue weighted by Gasteiger charge is 2.26. The van der Waals surface area contributed by atoms with Crippen molar-refractivity contribution in [3.05, 3.63) is 0 Å². The van der Waals surface area contributed by atoms with Gasteiger partial charge in [-0.3, -0.25) is 9.69 Å². The Kier molecular flexibility index (Phi) is 6.53. The standard InChI is InChI=1S/C11H20F3N3O2/c1-2-17-3-4-19-9(7-17)5-16-10(18)6-15-8-11(12,13)14/h9,15H,2-8H2,1H3,(H,16,18). The van der Waals surface area contributed by atoms with Crippen molar-refractivity contribution in [1.29, 1.82) is 0 Å². The number of alkyl halides is 3. The second kappa shape index (κ2) is 7.66. The molecule has 0 aliphatic carbocycles. The minimum atomic E-state index is -4.30. The van der Waals surface area contributed by atoms with Gasteiger partial charge in [0.25, 0.3) is 0 Å². The summed E-state index contributed by atoms with van der Waals surface area (Å²) in [7, 11) is 0. The highest BCUT2D eigenvalue weighted by molar-refractivity contribution is 5.77. The van der Waals surface area contributed by atoms with Gasteiger partial charge >= 0.3 is 6.18 Å². The molecule has 1 rings (SSSR count). The molecule has 0 aromatic heterocycles. The molecule has 0 saturated carbocycles. The number of carbonyl (C=O) groups is 1. The molecule has 2 N–H and O–H groups in total. The summed E-state index contributed by atoms with van der Waals surface area (Å²) in [4.78, 5) is 13.5. The van der Waals surface area contributed by atoms with Crippen molar-refractivity contribution >= 4 is 5.91 Å². The largest absolute Gasteiger partial charge is 0.401 e. The normalized spacial score (nSPS) is 21.4. The Balaban J connectivity index is 2.12. The third-order valence-electron chi connectivity index (χ3n) is 2.81. The van der Waals surface area contributed by atoms with E-state index in [2.05, 4.69) is 10.2 Å². The first-order valence-corrected chi connectivity index (χ1v) is 6.29. The Morgan fingerprint density at radius 2 is 2.21 bits per heavy atom. The molecule has 1 atom stereocenters. The number of nitrogens with zero attached hydrogens (tertiary/aromatic N) is 1. The molecule has 0 spiro atoms. The summed E-state index contributed by atoms with van der Waals surface area (Å²) in [5, 5.41) is 4.61. The molecule has 0 aromatic rings. The van der Waals surface area contributed by atoms with Gasteiger partial charge in [-0.05, 0) is 6.54 Å². The van der Waals surface area contributed by atoms with Crippen molar-refractivity contribution in [2.24, 2.45) is 0 Å². The number of ether oxygens (including phenoxy) is 1. The minimum Gasteiger partial charge on any atom is -0.374 e. The van der Waals surface area contributed by atoms with Gasteiger partial charge in [0.15, 0.2) is 0 Å². The lowest BCUT2D eigenvalue weighted by atomic mass is 10.2. The van der Waals surface area contributed by atoms with Crippen LogP contribution in [0.15, 0.2) is 0 Å². The molecule has 0 aromatic carbocycles. The van der Waals surface area contributed by atoms with Crippen LogP contribution in [0.4, 0.5) is 13.2 Å². The lowest BCUT2D eigenvalue weighted by molar-refractivity contribution is -0.128. The first kappa shape index (κ1) is 16.2. The Hall–Kier alpha value is -0.860. The molecule has 1 fully saturated rings. The molecule has 5 nitrogen and oxygen atoms in total. The highest BCUT2D eigenvalue weighted by Crippen LogP contribution is 2.11. The average Bonchev–Trinajstić information content (AvgIpc) is 2.35. The third-order valence-corrected chi connectivity index (χ3v) is 2.81. The van der Waals surface area contributed by atoms with Crippen LogP contribution >= 0.6 is 0 Å². The highest BCUT2D eigenvalue weighted by atomic mass is 19.4. The van der Waals surface area contributed by atoms with Gasteiger partial charge in [-0.15, -0.1) is 0 Å². The number of nitrogens with one attached hydrogen (secondary N) is 2. The molecule has 19 heavy (non-hydrogen) atoms. The van der Waals surface area contributed by atoms with E-state index in [1.807, 2.05) is 12.2 Å². The number of likely N-dealkylation sites (N-methyl/N-ethyl adjacent to an activating group) is 1. The fourth-order valence-corrected chi connectivity index (χ4v) is 1.80. The predicted octanol–water partition coefficient (Wildman–Crippen LogP) is -0.0248. The molecule has 1 aliphatic rings. The Bertz CT molecular complexity index is 287. The lowest BCUT2D eigenvalue weighted by Gasteiger charge is -2.32. The van der Waals surface area contributed by atoms with E-state index >= 15 is 0 Å². The van der Waals surface area contributed by atoms with Gasteiger partial charge in [-0.1, -0.05) is 6.92 Å². The minimum absolute atomic E-state index is 0.0970. The van der Waals surface area contributed by atoms with Crippen LogP contribution in [0.2, 0.25) is 0 Å². The van der Waals surface area contributed by atoms with E-state index < -0.39 is 18.6 Å². The van der Waals surface area contributed by atoms with Crippen LogP contribution in [-0.4, -0.2) is 69.0 Å². The summed E-state index contributed by atoms with van der Waals surface area (Å²) in [5.41, 5.74) is 0. The van der Waals surface area contributed by atoms with Gasteiger partial charge in [-0.2, -0.15) is 13.2 Å². The fraction of sp³-hybridized carbons (Fsp3) is 0.909. The molecule has 0 bridgehead atoms. The van der Waals surface area contributed by atoms with Crippen LogP contribution in [0.3, 0.4) is 0 Å². The van der Waals surface area contributed by atoms with Crippen molar-refractivity contribution in [3.63, 3.8) is 0 Å². The van der Waals surface area contributed by atoms with Gasteiger partial charge in [0.2, 0.25) is 5.91 Å². The summed E-state index contributed by atoms with van der Waals surface area (Å²) >= 11 is 0. The van der Waals surface area contributed by atoms with E-state index in [0.29, 0.717) is 13.2 Å². The second-order valence-electron chi connectivity index (χ2n) is 4.41.